The Kier molecular flexibility index (Phi) is 8.77. The third-order valence-electron chi connectivity index (χ3n) is 11.7. The molecule has 4 aromatic rings. The Balaban J connectivity index is 1.20. The molecule has 2 aromatic heterocycles. The number of benzene rings is 2. The SMILES string of the molecule is C#Cc1c(F)ccc2cc(O)cc(-c3ncc4c(N5CCOCC(C)(O)C5)nc(OCC56CCCC5N(CC5CC(C)(O)C5)CCC6)nc4c3F)c12. The third-order valence-corrected chi connectivity index (χ3v) is 11.7. The van der Waals surface area contributed by atoms with Crippen LogP contribution in [0.2, 0.25) is 0 Å². The van der Waals surface area contributed by atoms with Gasteiger partial charge in [0.1, 0.15) is 34.2 Å². The van der Waals surface area contributed by atoms with Crippen molar-refractivity contribution < 1.29 is 33.6 Å². The van der Waals surface area contributed by atoms with Crippen molar-refractivity contribution in [1.29, 1.82) is 0 Å². The lowest BCUT2D eigenvalue weighted by Crippen LogP contribution is -2.55. The number of phenols is 1. The summed E-state index contributed by atoms with van der Waals surface area (Å²) in [5.74, 6) is 1.60. The number of pyridine rings is 1. The minimum absolute atomic E-state index is 0.00618. The summed E-state index contributed by atoms with van der Waals surface area (Å²) in [5.41, 5.74) is -2.04. The molecule has 8 rings (SSSR count). The molecule has 2 aromatic carbocycles. The van der Waals surface area contributed by atoms with Gasteiger partial charge in [-0.2, -0.15) is 9.97 Å². The van der Waals surface area contributed by atoms with Gasteiger partial charge in [-0.25, -0.2) is 8.78 Å². The zero-order valence-electron chi connectivity index (χ0n) is 29.7. The molecule has 2 saturated carbocycles. The van der Waals surface area contributed by atoms with E-state index >= 15 is 4.39 Å². The number of aliphatic hydroxyl groups is 2. The van der Waals surface area contributed by atoms with Crippen LogP contribution >= 0.6 is 0 Å². The molecular weight excluding hydrogens is 668 g/mol. The van der Waals surface area contributed by atoms with Crippen LogP contribution in [0.25, 0.3) is 32.9 Å². The Hall–Kier alpha value is -4.15. The Labute approximate surface area is 301 Å². The van der Waals surface area contributed by atoms with Crippen LogP contribution in [0.3, 0.4) is 0 Å². The summed E-state index contributed by atoms with van der Waals surface area (Å²) in [6.45, 7) is 6.93. The molecule has 4 aliphatic rings. The van der Waals surface area contributed by atoms with Gasteiger partial charge >= 0.3 is 6.01 Å². The smallest absolute Gasteiger partial charge is 0.319 e. The summed E-state index contributed by atoms with van der Waals surface area (Å²) in [4.78, 5) is 18.4. The first-order valence-electron chi connectivity index (χ1n) is 18.3. The Morgan fingerprint density at radius 2 is 1.88 bits per heavy atom. The molecule has 4 heterocycles. The van der Waals surface area contributed by atoms with Crippen molar-refractivity contribution in [3.63, 3.8) is 0 Å². The van der Waals surface area contributed by atoms with E-state index in [2.05, 4.69) is 20.8 Å². The Bertz CT molecular complexity index is 2080. The molecule has 3 unspecified atom stereocenters. The normalized spacial score (nSPS) is 29.4. The lowest BCUT2D eigenvalue weighted by atomic mass is 9.70. The number of fused-ring (bicyclic) bond motifs is 3. The molecule has 3 N–H and O–H groups in total. The molecule has 12 heteroatoms. The average Bonchev–Trinajstić information content (AvgIpc) is 3.44. The number of likely N-dealkylation sites (tertiary alicyclic amines) is 1. The van der Waals surface area contributed by atoms with E-state index < -0.39 is 22.8 Å². The highest BCUT2D eigenvalue weighted by Crippen LogP contribution is 2.49. The zero-order valence-corrected chi connectivity index (χ0v) is 29.7. The Morgan fingerprint density at radius 1 is 1.08 bits per heavy atom. The maximum absolute atomic E-state index is 17.0. The van der Waals surface area contributed by atoms with Gasteiger partial charge in [0.25, 0.3) is 0 Å². The summed E-state index contributed by atoms with van der Waals surface area (Å²) in [7, 11) is 0. The molecule has 2 aliphatic heterocycles. The van der Waals surface area contributed by atoms with E-state index in [1.54, 1.807) is 6.92 Å². The first-order valence-corrected chi connectivity index (χ1v) is 18.3. The number of aromatic hydroxyl groups is 1. The number of phenolic OH excluding ortho intramolecular Hbond substituents is 1. The van der Waals surface area contributed by atoms with E-state index in [0.29, 0.717) is 48.3 Å². The fourth-order valence-corrected chi connectivity index (χ4v) is 9.54. The first-order chi connectivity index (χ1) is 24.9. The molecule has 0 radical (unpaired) electrons. The number of β-amino-alcohol motifs (C(OH)–C–C–N with tert-alkyl or cyclic N) is 1. The van der Waals surface area contributed by atoms with Gasteiger partial charge in [0.05, 0.1) is 42.9 Å². The fraction of sp³-hybridized carbons (Fsp3) is 0.525. The number of rotatable bonds is 7. The number of terminal acetylenes is 1. The van der Waals surface area contributed by atoms with E-state index in [9.17, 15) is 19.7 Å². The molecule has 3 atom stereocenters. The molecule has 274 valence electrons. The van der Waals surface area contributed by atoms with Crippen molar-refractivity contribution in [3.8, 4) is 35.4 Å². The number of hydrogen-bond donors (Lipinski definition) is 3. The monoisotopic (exact) mass is 713 g/mol. The van der Waals surface area contributed by atoms with Gasteiger partial charge in [-0.15, -0.1) is 6.42 Å². The van der Waals surface area contributed by atoms with Crippen molar-refractivity contribution in [2.45, 2.75) is 76.0 Å². The van der Waals surface area contributed by atoms with Gasteiger partial charge in [0.2, 0.25) is 0 Å². The van der Waals surface area contributed by atoms with Crippen LogP contribution in [0.5, 0.6) is 11.8 Å². The van der Waals surface area contributed by atoms with Crippen LogP contribution in [0.15, 0.2) is 30.5 Å². The second-order valence-electron chi connectivity index (χ2n) is 16.1. The van der Waals surface area contributed by atoms with Crippen molar-refractivity contribution in [1.82, 2.24) is 19.9 Å². The molecule has 0 bridgehead atoms. The van der Waals surface area contributed by atoms with Crippen LogP contribution in [0, 0.1) is 35.3 Å². The molecule has 0 amide bonds. The summed E-state index contributed by atoms with van der Waals surface area (Å²) in [6, 6.07) is 5.79. The van der Waals surface area contributed by atoms with Gasteiger partial charge in [-0.05, 0) is 88.4 Å². The number of halogens is 2. The van der Waals surface area contributed by atoms with E-state index in [1.807, 2.05) is 11.8 Å². The summed E-state index contributed by atoms with van der Waals surface area (Å²) >= 11 is 0. The van der Waals surface area contributed by atoms with Gasteiger partial charge < -0.3 is 29.7 Å². The van der Waals surface area contributed by atoms with Gasteiger partial charge in [0.15, 0.2) is 5.82 Å². The number of ether oxygens (including phenoxy) is 2. The molecular formula is C40H45F2N5O5. The molecule has 10 nitrogen and oxygen atoms in total. The number of aromatic nitrogens is 3. The largest absolute Gasteiger partial charge is 0.508 e. The van der Waals surface area contributed by atoms with Crippen molar-refractivity contribution >= 4 is 27.5 Å². The molecule has 2 aliphatic carbocycles. The summed E-state index contributed by atoms with van der Waals surface area (Å²) < 4.78 is 44.2. The van der Waals surface area contributed by atoms with E-state index in [-0.39, 0.29) is 58.1 Å². The second kappa shape index (κ2) is 13.1. The third kappa shape index (κ3) is 6.31. The second-order valence-corrected chi connectivity index (χ2v) is 16.1. The lowest BCUT2D eigenvalue weighted by molar-refractivity contribution is -0.0823. The zero-order chi connectivity index (χ0) is 36.4. The molecule has 2 saturated heterocycles. The maximum atomic E-state index is 17.0. The first kappa shape index (κ1) is 34.9. The molecule has 0 spiro atoms. The topological polar surface area (TPSA) is 124 Å². The van der Waals surface area contributed by atoms with E-state index in [1.165, 1.54) is 30.5 Å². The standard InChI is InChI=1S/C40H45F2N5O5/c1-4-27-30(41)9-8-25-15-26(48)16-28(32(25)27)34-33(42)35-29(19-43-34)36(47-13-14-51-22-39(3,50)21-47)45-37(44-35)52-23-40-10-5-7-31(40)46(12-6-11-40)20-24-17-38(2,49)18-24/h1,8-9,15-16,19,24,31,48-50H,5-7,10-14,17-18,20-23H2,2-3H3. The van der Waals surface area contributed by atoms with Crippen LogP contribution in [-0.4, -0.2) is 98.4 Å². The number of hydrogen-bond acceptors (Lipinski definition) is 10. The summed E-state index contributed by atoms with van der Waals surface area (Å²) in [5, 5.41) is 33.0. The highest BCUT2D eigenvalue weighted by Gasteiger charge is 2.50. The van der Waals surface area contributed by atoms with Gasteiger partial charge in [-0.3, -0.25) is 9.88 Å². The minimum Gasteiger partial charge on any atom is -0.508 e. The minimum atomic E-state index is -1.20. The van der Waals surface area contributed by atoms with Crippen LogP contribution in [0.4, 0.5) is 14.6 Å². The molecule has 52 heavy (non-hydrogen) atoms. The van der Waals surface area contributed by atoms with Crippen molar-refractivity contribution in [2.24, 2.45) is 11.3 Å². The van der Waals surface area contributed by atoms with Gasteiger partial charge in [0, 0.05) is 41.7 Å². The van der Waals surface area contributed by atoms with Crippen LogP contribution in [0.1, 0.15) is 64.4 Å². The number of nitrogens with zero attached hydrogens (tertiary/aromatic N) is 5. The van der Waals surface area contributed by atoms with E-state index in [4.69, 9.17) is 20.9 Å². The molecule has 4 fully saturated rings. The Morgan fingerprint density at radius 3 is 2.67 bits per heavy atom. The number of anilines is 1. The highest BCUT2D eigenvalue weighted by atomic mass is 19.1. The van der Waals surface area contributed by atoms with Crippen molar-refractivity contribution in [3.05, 3.63) is 47.7 Å². The van der Waals surface area contributed by atoms with Crippen molar-refractivity contribution in [2.75, 3.05) is 50.9 Å². The van der Waals surface area contributed by atoms with Gasteiger partial charge in [-0.1, -0.05) is 18.4 Å². The number of piperidine rings is 1. The summed E-state index contributed by atoms with van der Waals surface area (Å²) in [6.07, 6.45) is 14.0. The average molecular weight is 714 g/mol. The maximum Gasteiger partial charge on any atom is 0.319 e. The predicted molar refractivity (Wildman–Crippen MR) is 193 cm³/mol. The highest BCUT2D eigenvalue weighted by molar-refractivity contribution is 6.03. The van der Waals surface area contributed by atoms with Crippen LogP contribution < -0.4 is 9.64 Å². The van der Waals surface area contributed by atoms with E-state index in [0.717, 1.165) is 58.0 Å². The van der Waals surface area contributed by atoms with Crippen LogP contribution in [-0.2, 0) is 4.74 Å². The predicted octanol–water partition coefficient (Wildman–Crippen LogP) is 5.57. The quantitative estimate of drug-likeness (QED) is 0.210. The lowest BCUT2D eigenvalue weighted by Gasteiger charge is -2.50. The fourth-order valence-electron chi connectivity index (χ4n) is 9.54.